The third-order valence-electron chi connectivity index (χ3n) is 5.06. The van der Waals surface area contributed by atoms with Crippen molar-refractivity contribution >= 4 is 11.6 Å². The molecule has 3 rings (SSSR count). The van der Waals surface area contributed by atoms with Crippen LogP contribution in [0.1, 0.15) is 62.5 Å². The Balaban J connectivity index is 1.52. The molecule has 0 aromatic heterocycles. The number of carbonyl (C=O) groups excluding carboxylic acids is 1. The average Bonchev–Trinajstić information content (AvgIpc) is 2.81. The van der Waals surface area contributed by atoms with Gasteiger partial charge in [-0.15, -0.1) is 0 Å². The van der Waals surface area contributed by atoms with Crippen LogP contribution in [0.15, 0.2) is 18.2 Å². The molecule has 0 aliphatic heterocycles. The largest absolute Gasteiger partial charge is 0.376 e. The number of hydrogen-bond acceptors (Lipinski definition) is 2. The van der Waals surface area contributed by atoms with Gasteiger partial charge in [-0.3, -0.25) is 4.79 Å². The molecule has 0 saturated heterocycles. The molecule has 1 aromatic carbocycles. The fraction of sp³-hybridized carbons (Fsp3) is 0.632. The molecule has 22 heavy (non-hydrogen) atoms. The number of amides is 1. The molecule has 2 aliphatic carbocycles. The average molecular weight is 300 g/mol. The predicted molar refractivity (Wildman–Crippen MR) is 91.2 cm³/mol. The fourth-order valence-corrected chi connectivity index (χ4v) is 3.82. The lowest BCUT2D eigenvalue weighted by atomic mass is 9.90. The van der Waals surface area contributed by atoms with Gasteiger partial charge in [-0.05, 0) is 55.7 Å². The highest BCUT2D eigenvalue weighted by Crippen LogP contribution is 2.27. The van der Waals surface area contributed by atoms with Gasteiger partial charge in [0, 0.05) is 11.7 Å². The molecular weight excluding hydrogens is 272 g/mol. The molecule has 2 aliphatic rings. The maximum Gasteiger partial charge on any atom is 0.239 e. The smallest absolute Gasteiger partial charge is 0.239 e. The van der Waals surface area contributed by atoms with Crippen molar-refractivity contribution in [3.8, 4) is 0 Å². The second-order valence-electron chi connectivity index (χ2n) is 6.76. The van der Waals surface area contributed by atoms with Gasteiger partial charge in [0.2, 0.25) is 5.91 Å². The van der Waals surface area contributed by atoms with E-state index < -0.39 is 0 Å². The van der Waals surface area contributed by atoms with Crippen molar-refractivity contribution in [3.05, 3.63) is 29.3 Å². The lowest BCUT2D eigenvalue weighted by Gasteiger charge is -2.21. The number of carbonyl (C=O) groups is 1. The minimum atomic E-state index is 0.139. The van der Waals surface area contributed by atoms with Crippen LogP contribution < -0.4 is 10.6 Å². The summed E-state index contributed by atoms with van der Waals surface area (Å²) in [7, 11) is 0. The number of hydrogen-bond donors (Lipinski definition) is 2. The quantitative estimate of drug-likeness (QED) is 0.830. The van der Waals surface area contributed by atoms with Crippen molar-refractivity contribution in [3.63, 3.8) is 0 Å². The summed E-state index contributed by atoms with van der Waals surface area (Å²) in [6, 6.07) is 6.84. The monoisotopic (exact) mass is 300 g/mol. The van der Waals surface area contributed by atoms with Crippen molar-refractivity contribution in [2.45, 2.75) is 70.3 Å². The van der Waals surface area contributed by atoms with Crippen LogP contribution in [0.2, 0.25) is 0 Å². The predicted octanol–water partition coefficient (Wildman–Crippen LogP) is 3.82. The zero-order valence-electron chi connectivity index (χ0n) is 13.5. The summed E-state index contributed by atoms with van der Waals surface area (Å²) >= 11 is 0. The van der Waals surface area contributed by atoms with Crippen molar-refractivity contribution < 1.29 is 4.79 Å². The first kappa shape index (κ1) is 15.4. The van der Waals surface area contributed by atoms with Crippen LogP contribution in [0.3, 0.4) is 0 Å². The van der Waals surface area contributed by atoms with E-state index in [1.165, 1.54) is 56.1 Å². The Morgan fingerprint density at radius 2 is 1.77 bits per heavy atom. The Morgan fingerprint density at radius 3 is 2.59 bits per heavy atom. The highest BCUT2D eigenvalue weighted by Gasteiger charge is 2.16. The second kappa shape index (κ2) is 7.66. The Hall–Kier alpha value is -1.51. The molecule has 0 heterocycles. The van der Waals surface area contributed by atoms with Crippen molar-refractivity contribution in [2.24, 2.45) is 0 Å². The van der Waals surface area contributed by atoms with Crippen LogP contribution in [0, 0.1) is 0 Å². The number of benzene rings is 1. The van der Waals surface area contributed by atoms with Gasteiger partial charge in [0.05, 0.1) is 6.54 Å². The summed E-state index contributed by atoms with van der Waals surface area (Å²) in [6.45, 7) is 0.396. The molecule has 1 fully saturated rings. The molecule has 1 amide bonds. The fourth-order valence-electron chi connectivity index (χ4n) is 3.82. The van der Waals surface area contributed by atoms with Gasteiger partial charge in [0.15, 0.2) is 0 Å². The number of aryl methyl sites for hydroxylation is 1. The standard InChI is InChI=1S/C19H28N2O/c22-19(21-16-10-3-1-2-4-11-16)14-20-18-13-7-9-15-8-5-6-12-17(15)18/h7,9,13,16,20H,1-6,8,10-12,14H2,(H,21,22). The molecule has 120 valence electrons. The maximum atomic E-state index is 12.2. The van der Waals surface area contributed by atoms with E-state index in [2.05, 4.69) is 28.8 Å². The van der Waals surface area contributed by atoms with Crippen molar-refractivity contribution in [1.82, 2.24) is 5.32 Å². The molecule has 3 nitrogen and oxygen atoms in total. The summed E-state index contributed by atoms with van der Waals surface area (Å²) < 4.78 is 0. The Kier molecular flexibility index (Phi) is 5.36. The summed E-state index contributed by atoms with van der Waals surface area (Å²) in [5.74, 6) is 0.139. The number of nitrogens with one attached hydrogen (secondary N) is 2. The first-order chi connectivity index (χ1) is 10.8. The van der Waals surface area contributed by atoms with Crippen LogP contribution in [-0.2, 0) is 17.6 Å². The molecule has 1 aromatic rings. The van der Waals surface area contributed by atoms with Gasteiger partial charge in [-0.2, -0.15) is 0 Å². The SMILES string of the molecule is O=C(CNc1cccc2c1CCCC2)NC1CCCCCC1. The molecule has 0 radical (unpaired) electrons. The molecule has 3 heteroatoms. The van der Waals surface area contributed by atoms with Gasteiger partial charge in [-0.25, -0.2) is 0 Å². The third kappa shape index (κ3) is 4.02. The van der Waals surface area contributed by atoms with E-state index in [0.29, 0.717) is 12.6 Å². The van der Waals surface area contributed by atoms with Crippen LogP contribution in [0.25, 0.3) is 0 Å². The highest BCUT2D eigenvalue weighted by molar-refractivity contribution is 5.81. The zero-order valence-corrected chi connectivity index (χ0v) is 13.5. The first-order valence-electron chi connectivity index (χ1n) is 8.97. The summed E-state index contributed by atoms with van der Waals surface area (Å²) in [5, 5.41) is 6.57. The minimum absolute atomic E-state index is 0.139. The van der Waals surface area contributed by atoms with Gasteiger partial charge in [-0.1, -0.05) is 37.8 Å². The van der Waals surface area contributed by atoms with Gasteiger partial charge >= 0.3 is 0 Å². The molecule has 2 N–H and O–H groups in total. The van der Waals surface area contributed by atoms with Gasteiger partial charge < -0.3 is 10.6 Å². The minimum Gasteiger partial charge on any atom is -0.376 e. The van der Waals surface area contributed by atoms with Crippen LogP contribution in [0.5, 0.6) is 0 Å². The van der Waals surface area contributed by atoms with Crippen molar-refractivity contribution in [2.75, 3.05) is 11.9 Å². The van der Waals surface area contributed by atoms with E-state index in [-0.39, 0.29) is 5.91 Å². The molecular formula is C19H28N2O. The molecule has 0 spiro atoms. The van der Waals surface area contributed by atoms with E-state index in [1.807, 2.05) is 0 Å². The summed E-state index contributed by atoms with van der Waals surface area (Å²) in [5.41, 5.74) is 4.05. The van der Waals surface area contributed by atoms with Gasteiger partial charge in [0.1, 0.15) is 0 Å². The number of anilines is 1. The normalized spacial score (nSPS) is 19.1. The molecule has 0 bridgehead atoms. The summed E-state index contributed by atoms with van der Waals surface area (Å²) in [4.78, 5) is 12.2. The lowest BCUT2D eigenvalue weighted by molar-refractivity contribution is -0.120. The number of fused-ring (bicyclic) bond motifs is 1. The van der Waals surface area contributed by atoms with Crippen LogP contribution in [-0.4, -0.2) is 18.5 Å². The van der Waals surface area contributed by atoms with Crippen LogP contribution >= 0.6 is 0 Å². The zero-order chi connectivity index (χ0) is 15.2. The molecule has 0 unspecified atom stereocenters. The molecule has 0 atom stereocenters. The number of rotatable bonds is 4. The second-order valence-corrected chi connectivity index (χ2v) is 6.76. The first-order valence-corrected chi connectivity index (χ1v) is 8.97. The Labute approximate surface area is 133 Å². The lowest BCUT2D eigenvalue weighted by Crippen LogP contribution is -2.38. The van der Waals surface area contributed by atoms with E-state index in [0.717, 1.165) is 24.9 Å². The van der Waals surface area contributed by atoms with E-state index >= 15 is 0 Å². The van der Waals surface area contributed by atoms with E-state index in [9.17, 15) is 4.79 Å². The Morgan fingerprint density at radius 1 is 1.00 bits per heavy atom. The third-order valence-corrected chi connectivity index (χ3v) is 5.06. The maximum absolute atomic E-state index is 12.2. The Bertz CT molecular complexity index is 504. The van der Waals surface area contributed by atoms with E-state index in [1.54, 1.807) is 0 Å². The van der Waals surface area contributed by atoms with Crippen molar-refractivity contribution in [1.29, 1.82) is 0 Å². The van der Waals surface area contributed by atoms with Crippen LogP contribution in [0.4, 0.5) is 5.69 Å². The summed E-state index contributed by atoms with van der Waals surface area (Å²) in [6.07, 6.45) is 12.3. The highest BCUT2D eigenvalue weighted by atomic mass is 16.1. The topological polar surface area (TPSA) is 41.1 Å². The van der Waals surface area contributed by atoms with Gasteiger partial charge in [0.25, 0.3) is 0 Å². The van der Waals surface area contributed by atoms with E-state index in [4.69, 9.17) is 0 Å². The molecule has 1 saturated carbocycles.